The van der Waals surface area contributed by atoms with Crippen molar-refractivity contribution in [2.24, 2.45) is 14.1 Å². The normalized spacial score (nSPS) is 11.3. The maximum atomic E-state index is 13.5. The number of aryl methyl sites for hydroxylation is 1. The summed E-state index contributed by atoms with van der Waals surface area (Å²) in [6, 6.07) is 6.44. The quantitative estimate of drug-likeness (QED) is 0.714. The molecule has 0 unspecified atom stereocenters. The SMILES string of the molecule is Cn1c(=O)c2cc(C(=O)c3ccccc3O)c(C(F)F)nc2n(C)c1=O. The van der Waals surface area contributed by atoms with Gasteiger partial charge in [-0.05, 0) is 18.2 Å². The fraction of sp³-hybridized carbons (Fsp3) is 0.176. The first-order valence-corrected chi connectivity index (χ1v) is 7.45. The van der Waals surface area contributed by atoms with Crippen LogP contribution in [0.25, 0.3) is 11.0 Å². The summed E-state index contributed by atoms with van der Waals surface area (Å²) >= 11 is 0. The monoisotopic (exact) mass is 361 g/mol. The lowest BCUT2D eigenvalue weighted by Gasteiger charge is -2.12. The molecule has 26 heavy (non-hydrogen) atoms. The van der Waals surface area contributed by atoms with E-state index < -0.39 is 34.7 Å². The first-order valence-electron chi connectivity index (χ1n) is 7.45. The molecule has 0 radical (unpaired) electrons. The number of hydrogen-bond donors (Lipinski definition) is 1. The van der Waals surface area contributed by atoms with Crippen molar-refractivity contribution in [3.63, 3.8) is 0 Å². The average molecular weight is 361 g/mol. The summed E-state index contributed by atoms with van der Waals surface area (Å²) in [6.07, 6.45) is -3.12. The van der Waals surface area contributed by atoms with Crippen LogP contribution < -0.4 is 11.2 Å². The summed E-state index contributed by atoms with van der Waals surface area (Å²) < 4.78 is 28.7. The van der Waals surface area contributed by atoms with E-state index in [1.807, 2.05) is 0 Å². The van der Waals surface area contributed by atoms with Gasteiger partial charge in [-0.3, -0.25) is 18.7 Å². The van der Waals surface area contributed by atoms with Crippen LogP contribution in [0, 0.1) is 0 Å². The maximum absolute atomic E-state index is 13.5. The largest absolute Gasteiger partial charge is 0.507 e. The average Bonchev–Trinajstić information content (AvgIpc) is 2.63. The lowest BCUT2D eigenvalue weighted by atomic mass is 10.00. The van der Waals surface area contributed by atoms with Gasteiger partial charge in [0.15, 0.2) is 5.78 Å². The zero-order valence-electron chi connectivity index (χ0n) is 13.7. The summed E-state index contributed by atoms with van der Waals surface area (Å²) in [5.41, 5.74) is -3.31. The third kappa shape index (κ3) is 2.57. The number of phenolic OH excluding ortho intramolecular Hbond substituents is 1. The fourth-order valence-electron chi connectivity index (χ4n) is 2.67. The van der Waals surface area contributed by atoms with Crippen LogP contribution >= 0.6 is 0 Å². The number of phenols is 1. The van der Waals surface area contributed by atoms with E-state index in [-0.39, 0.29) is 22.3 Å². The molecule has 0 saturated carbocycles. The van der Waals surface area contributed by atoms with Gasteiger partial charge in [-0.25, -0.2) is 18.6 Å². The van der Waals surface area contributed by atoms with Gasteiger partial charge in [-0.2, -0.15) is 0 Å². The Morgan fingerprint density at radius 3 is 2.38 bits per heavy atom. The highest BCUT2D eigenvalue weighted by Gasteiger charge is 2.25. The number of halogens is 2. The molecule has 0 atom stereocenters. The Morgan fingerprint density at radius 1 is 1.12 bits per heavy atom. The summed E-state index contributed by atoms with van der Waals surface area (Å²) in [7, 11) is 2.52. The van der Waals surface area contributed by atoms with Crippen molar-refractivity contribution in [3.05, 3.63) is 68.0 Å². The fourth-order valence-corrected chi connectivity index (χ4v) is 2.67. The van der Waals surface area contributed by atoms with Gasteiger partial charge >= 0.3 is 5.69 Å². The highest BCUT2D eigenvalue weighted by atomic mass is 19.3. The molecule has 134 valence electrons. The molecule has 1 N–H and O–H groups in total. The molecule has 0 aliphatic rings. The van der Waals surface area contributed by atoms with Crippen LogP contribution in [-0.2, 0) is 14.1 Å². The van der Waals surface area contributed by atoms with Crippen LogP contribution in [0.15, 0.2) is 39.9 Å². The van der Waals surface area contributed by atoms with Crippen molar-refractivity contribution in [3.8, 4) is 5.75 Å². The van der Waals surface area contributed by atoms with Crippen molar-refractivity contribution in [2.75, 3.05) is 0 Å². The highest BCUT2D eigenvalue weighted by Crippen LogP contribution is 2.28. The van der Waals surface area contributed by atoms with E-state index in [2.05, 4.69) is 4.98 Å². The molecule has 9 heteroatoms. The Hall–Kier alpha value is -3.36. The molecule has 2 aromatic heterocycles. The highest BCUT2D eigenvalue weighted by molar-refractivity contribution is 6.12. The predicted octanol–water partition coefficient (Wildman–Crippen LogP) is 1.51. The van der Waals surface area contributed by atoms with E-state index in [1.165, 1.54) is 38.4 Å². The molecular weight excluding hydrogens is 348 g/mol. The summed E-state index contributed by atoms with van der Waals surface area (Å²) in [4.78, 5) is 40.7. The van der Waals surface area contributed by atoms with Gasteiger partial charge in [0.05, 0.1) is 16.5 Å². The first-order chi connectivity index (χ1) is 12.2. The van der Waals surface area contributed by atoms with E-state index in [0.717, 1.165) is 15.2 Å². The summed E-state index contributed by atoms with van der Waals surface area (Å²) in [5.74, 6) is -1.28. The molecule has 3 aromatic rings. The Kier molecular flexibility index (Phi) is 4.15. The third-order valence-electron chi connectivity index (χ3n) is 4.06. The number of ketones is 1. The van der Waals surface area contributed by atoms with Gasteiger partial charge in [0.1, 0.15) is 17.1 Å². The molecule has 0 bridgehead atoms. The Balaban J connectivity index is 2.40. The minimum atomic E-state index is -3.12. The molecule has 2 heterocycles. The molecule has 1 aromatic carbocycles. The van der Waals surface area contributed by atoms with E-state index in [0.29, 0.717) is 0 Å². The van der Waals surface area contributed by atoms with Crippen molar-refractivity contribution in [2.45, 2.75) is 6.43 Å². The van der Waals surface area contributed by atoms with Crippen LogP contribution in [0.4, 0.5) is 8.78 Å². The van der Waals surface area contributed by atoms with Crippen molar-refractivity contribution < 1.29 is 18.7 Å². The number of hydrogen-bond acceptors (Lipinski definition) is 5. The number of aromatic hydroxyl groups is 1. The van der Waals surface area contributed by atoms with Gasteiger partial charge in [0.2, 0.25) is 0 Å². The number of aromatic nitrogens is 3. The summed E-state index contributed by atoms with van der Waals surface area (Å²) in [6.45, 7) is 0. The molecule has 3 rings (SSSR count). The summed E-state index contributed by atoms with van der Waals surface area (Å²) in [5, 5.41) is 9.67. The Labute approximate surface area is 144 Å². The predicted molar refractivity (Wildman–Crippen MR) is 88.7 cm³/mol. The van der Waals surface area contributed by atoms with E-state index in [9.17, 15) is 28.3 Å². The molecule has 0 amide bonds. The maximum Gasteiger partial charge on any atom is 0.332 e. The Bertz CT molecular complexity index is 1170. The molecule has 0 spiro atoms. The van der Waals surface area contributed by atoms with Crippen LogP contribution in [0.1, 0.15) is 28.0 Å². The van der Waals surface area contributed by atoms with Crippen LogP contribution in [0.5, 0.6) is 5.75 Å². The smallest absolute Gasteiger partial charge is 0.332 e. The number of alkyl halides is 2. The van der Waals surface area contributed by atoms with Gasteiger partial charge in [-0.15, -0.1) is 0 Å². The second kappa shape index (κ2) is 6.17. The molecule has 0 aliphatic carbocycles. The minimum absolute atomic E-state index is 0.155. The van der Waals surface area contributed by atoms with E-state index >= 15 is 0 Å². The zero-order chi connectivity index (χ0) is 19.2. The lowest BCUT2D eigenvalue weighted by molar-refractivity contribution is 0.101. The number of carbonyl (C=O) groups is 1. The van der Waals surface area contributed by atoms with Gasteiger partial charge in [0, 0.05) is 14.1 Å². The van der Waals surface area contributed by atoms with Gasteiger partial charge in [-0.1, -0.05) is 12.1 Å². The van der Waals surface area contributed by atoms with Crippen LogP contribution in [0.3, 0.4) is 0 Å². The number of fused-ring (bicyclic) bond motifs is 1. The van der Waals surface area contributed by atoms with Crippen LogP contribution in [-0.4, -0.2) is 25.0 Å². The number of para-hydroxylation sites is 1. The molecule has 0 fully saturated rings. The number of pyridine rings is 1. The second-order valence-corrected chi connectivity index (χ2v) is 5.65. The zero-order valence-corrected chi connectivity index (χ0v) is 13.7. The minimum Gasteiger partial charge on any atom is -0.507 e. The molecular formula is C17H13F2N3O4. The second-order valence-electron chi connectivity index (χ2n) is 5.65. The topological polar surface area (TPSA) is 94.2 Å². The first kappa shape index (κ1) is 17.5. The van der Waals surface area contributed by atoms with Gasteiger partial charge < -0.3 is 5.11 Å². The third-order valence-corrected chi connectivity index (χ3v) is 4.06. The number of benzene rings is 1. The van der Waals surface area contributed by atoms with Gasteiger partial charge in [0.25, 0.3) is 12.0 Å². The van der Waals surface area contributed by atoms with E-state index in [4.69, 9.17) is 0 Å². The number of carbonyl (C=O) groups excluding carboxylic acids is 1. The van der Waals surface area contributed by atoms with Crippen molar-refractivity contribution >= 4 is 16.8 Å². The molecule has 0 saturated heterocycles. The van der Waals surface area contributed by atoms with E-state index in [1.54, 1.807) is 0 Å². The molecule has 7 nitrogen and oxygen atoms in total. The van der Waals surface area contributed by atoms with Crippen molar-refractivity contribution in [1.29, 1.82) is 0 Å². The molecule has 0 aliphatic heterocycles. The number of rotatable bonds is 3. The standard InChI is InChI=1S/C17H13F2N3O4/c1-21-15-10(16(25)22(2)17(21)26)7-9(12(20-15)14(18)19)13(24)8-5-3-4-6-11(8)23/h3-7,14,23H,1-2H3. The number of nitrogens with zero attached hydrogens (tertiary/aromatic N) is 3. The van der Waals surface area contributed by atoms with Crippen molar-refractivity contribution in [1.82, 2.24) is 14.1 Å². The van der Waals surface area contributed by atoms with Crippen LogP contribution in [0.2, 0.25) is 0 Å². The Morgan fingerprint density at radius 2 is 1.77 bits per heavy atom. The lowest BCUT2D eigenvalue weighted by Crippen LogP contribution is -2.37.